The lowest BCUT2D eigenvalue weighted by Crippen LogP contribution is -2.30. The Morgan fingerprint density at radius 3 is 2.89 bits per heavy atom. The molecule has 1 saturated carbocycles. The summed E-state index contributed by atoms with van der Waals surface area (Å²) in [7, 11) is 0. The van der Waals surface area contributed by atoms with E-state index in [1.807, 2.05) is 6.07 Å². The van der Waals surface area contributed by atoms with Crippen molar-refractivity contribution >= 4 is 22.3 Å². The first-order valence-electron chi connectivity index (χ1n) is 7.12. The summed E-state index contributed by atoms with van der Waals surface area (Å²) in [5.74, 6) is 1.62. The number of nitrogens with two attached hydrogens (primary N) is 1. The molecule has 4 nitrogen and oxygen atoms in total. The van der Waals surface area contributed by atoms with E-state index < -0.39 is 0 Å². The van der Waals surface area contributed by atoms with Gasteiger partial charge in [-0.2, -0.15) is 5.10 Å². The van der Waals surface area contributed by atoms with E-state index in [0.29, 0.717) is 6.04 Å². The number of nitrogen functional groups attached to an aromatic ring is 1. The fraction of sp³-hybridized carbons (Fsp3) is 0.533. The molecule has 0 spiro atoms. The maximum Gasteiger partial charge on any atom is 0.0672 e. The van der Waals surface area contributed by atoms with E-state index in [1.54, 1.807) is 6.20 Å². The van der Waals surface area contributed by atoms with Crippen LogP contribution in [0, 0.1) is 11.8 Å². The van der Waals surface area contributed by atoms with Crippen molar-refractivity contribution in [3.63, 3.8) is 0 Å². The molecule has 102 valence electrons. The molecule has 3 rings (SSSR count). The van der Waals surface area contributed by atoms with Gasteiger partial charge in [0, 0.05) is 11.4 Å². The standard InChI is InChI=1S/C15H22N4/c1-9-3-4-12(5-10(9)2)18-15-7-14-11(6-13(15)16)8-17-19-14/h6-10,12,18H,3-5,16H2,1-2H3,(H,17,19). The number of aromatic nitrogens is 2. The van der Waals surface area contributed by atoms with E-state index in [9.17, 15) is 0 Å². The zero-order chi connectivity index (χ0) is 13.4. The van der Waals surface area contributed by atoms with Crippen molar-refractivity contribution in [2.45, 2.75) is 39.2 Å². The van der Waals surface area contributed by atoms with Gasteiger partial charge in [0.1, 0.15) is 0 Å². The molecule has 2 aromatic rings. The van der Waals surface area contributed by atoms with E-state index in [4.69, 9.17) is 5.73 Å². The average Bonchev–Trinajstić information content (AvgIpc) is 2.81. The lowest BCUT2D eigenvalue weighted by Gasteiger charge is -2.33. The first-order valence-corrected chi connectivity index (χ1v) is 7.12. The van der Waals surface area contributed by atoms with Crippen LogP contribution in [-0.2, 0) is 0 Å². The lowest BCUT2D eigenvalue weighted by atomic mass is 9.79. The van der Waals surface area contributed by atoms with Crippen molar-refractivity contribution in [2.75, 3.05) is 11.1 Å². The summed E-state index contributed by atoms with van der Waals surface area (Å²) in [5, 5.41) is 11.7. The zero-order valence-electron chi connectivity index (χ0n) is 11.6. The molecular weight excluding hydrogens is 236 g/mol. The van der Waals surface area contributed by atoms with E-state index in [0.717, 1.165) is 34.1 Å². The molecule has 1 heterocycles. The number of nitrogens with one attached hydrogen (secondary N) is 2. The number of anilines is 2. The zero-order valence-corrected chi connectivity index (χ0v) is 11.6. The fourth-order valence-electron chi connectivity index (χ4n) is 3.03. The maximum absolute atomic E-state index is 6.12. The Balaban J connectivity index is 1.79. The number of rotatable bonds is 2. The maximum atomic E-state index is 6.12. The van der Waals surface area contributed by atoms with Crippen LogP contribution in [-0.4, -0.2) is 16.2 Å². The van der Waals surface area contributed by atoms with Crippen molar-refractivity contribution in [3.05, 3.63) is 18.3 Å². The van der Waals surface area contributed by atoms with Gasteiger partial charge in [-0.15, -0.1) is 0 Å². The third-order valence-corrected chi connectivity index (χ3v) is 4.57. The number of fused-ring (bicyclic) bond motifs is 1. The minimum atomic E-state index is 0.536. The molecule has 4 N–H and O–H groups in total. The van der Waals surface area contributed by atoms with Gasteiger partial charge in [0.25, 0.3) is 0 Å². The summed E-state index contributed by atoms with van der Waals surface area (Å²) < 4.78 is 0. The second-order valence-electron chi connectivity index (χ2n) is 6.01. The highest BCUT2D eigenvalue weighted by molar-refractivity contribution is 5.88. The van der Waals surface area contributed by atoms with E-state index in [-0.39, 0.29) is 0 Å². The predicted molar refractivity (Wildman–Crippen MR) is 80.1 cm³/mol. The van der Waals surface area contributed by atoms with Gasteiger partial charge in [-0.3, -0.25) is 5.10 Å². The summed E-state index contributed by atoms with van der Waals surface area (Å²) in [6.07, 6.45) is 5.55. The molecular formula is C15H22N4. The number of hydrogen-bond donors (Lipinski definition) is 3. The van der Waals surface area contributed by atoms with Crippen molar-refractivity contribution in [3.8, 4) is 0 Å². The van der Waals surface area contributed by atoms with Crippen molar-refractivity contribution in [2.24, 2.45) is 11.8 Å². The van der Waals surface area contributed by atoms with E-state index in [2.05, 4.69) is 35.4 Å². The van der Waals surface area contributed by atoms with Gasteiger partial charge in [-0.25, -0.2) is 0 Å². The highest BCUT2D eigenvalue weighted by Gasteiger charge is 2.24. The van der Waals surface area contributed by atoms with Gasteiger partial charge >= 0.3 is 0 Å². The van der Waals surface area contributed by atoms with Crippen LogP contribution in [0.2, 0.25) is 0 Å². The Kier molecular flexibility index (Phi) is 3.09. The normalized spacial score (nSPS) is 27.6. The van der Waals surface area contributed by atoms with E-state index in [1.165, 1.54) is 19.3 Å². The summed E-state index contributed by atoms with van der Waals surface area (Å²) in [6.45, 7) is 4.70. The SMILES string of the molecule is CC1CCC(Nc2cc3[nH]ncc3cc2N)CC1C. The van der Waals surface area contributed by atoms with Gasteiger partial charge < -0.3 is 11.1 Å². The number of aromatic amines is 1. The summed E-state index contributed by atoms with van der Waals surface area (Å²) in [4.78, 5) is 0. The second-order valence-corrected chi connectivity index (χ2v) is 6.01. The monoisotopic (exact) mass is 258 g/mol. The predicted octanol–water partition coefficient (Wildman–Crippen LogP) is 3.38. The Labute approximate surface area is 113 Å². The van der Waals surface area contributed by atoms with Gasteiger partial charge in [0.05, 0.1) is 23.1 Å². The Bertz CT molecular complexity index is 575. The Hall–Kier alpha value is -1.71. The average molecular weight is 258 g/mol. The van der Waals surface area contributed by atoms with Crippen LogP contribution in [0.25, 0.3) is 10.9 Å². The third kappa shape index (κ3) is 2.39. The molecule has 19 heavy (non-hydrogen) atoms. The van der Waals surface area contributed by atoms with Crippen LogP contribution in [0.3, 0.4) is 0 Å². The Morgan fingerprint density at radius 1 is 1.26 bits per heavy atom. The van der Waals surface area contributed by atoms with Gasteiger partial charge in [0.15, 0.2) is 0 Å². The van der Waals surface area contributed by atoms with Crippen LogP contribution in [0.15, 0.2) is 18.3 Å². The fourth-order valence-corrected chi connectivity index (χ4v) is 3.03. The molecule has 1 aliphatic carbocycles. The summed E-state index contributed by atoms with van der Waals surface area (Å²) in [6, 6.07) is 4.59. The first kappa shape index (κ1) is 12.3. The molecule has 1 fully saturated rings. The lowest BCUT2D eigenvalue weighted by molar-refractivity contribution is 0.261. The Morgan fingerprint density at radius 2 is 2.11 bits per heavy atom. The molecule has 1 aromatic heterocycles. The van der Waals surface area contributed by atoms with Crippen molar-refractivity contribution in [1.29, 1.82) is 0 Å². The highest BCUT2D eigenvalue weighted by Crippen LogP contribution is 2.33. The van der Waals surface area contributed by atoms with Crippen LogP contribution in [0.1, 0.15) is 33.1 Å². The molecule has 0 aliphatic heterocycles. The molecule has 0 radical (unpaired) electrons. The van der Waals surface area contributed by atoms with Crippen LogP contribution in [0.5, 0.6) is 0 Å². The summed E-state index contributed by atoms with van der Waals surface area (Å²) >= 11 is 0. The number of H-pyrrole nitrogens is 1. The largest absolute Gasteiger partial charge is 0.397 e. The van der Waals surface area contributed by atoms with Gasteiger partial charge in [0.2, 0.25) is 0 Å². The molecule has 0 bridgehead atoms. The third-order valence-electron chi connectivity index (χ3n) is 4.57. The van der Waals surface area contributed by atoms with E-state index >= 15 is 0 Å². The molecule has 3 atom stereocenters. The minimum absolute atomic E-state index is 0.536. The minimum Gasteiger partial charge on any atom is -0.397 e. The van der Waals surface area contributed by atoms with Crippen LogP contribution >= 0.6 is 0 Å². The van der Waals surface area contributed by atoms with Crippen LogP contribution in [0.4, 0.5) is 11.4 Å². The molecule has 3 unspecified atom stereocenters. The van der Waals surface area contributed by atoms with Gasteiger partial charge in [-0.05, 0) is 43.2 Å². The molecule has 0 amide bonds. The van der Waals surface area contributed by atoms with Crippen molar-refractivity contribution in [1.82, 2.24) is 10.2 Å². The number of benzene rings is 1. The smallest absolute Gasteiger partial charge is 0.0672 e. The first-order chi connectivity index (χ1) is 9.13. The van der Waals surface area contributed by atoms with Crippen molar-refractivity contribution < 1.29 is 0 Å². The topological polar surface area (TPSA) is 66.7 Å². The number of nitrogens with zero attached hydrogens (tertiary/aromatic N) is 1. The quantitative estimate of drug-likeness (QED) is 0.723. The highest BCUT2D eigenvalue weighted by atomic mass is 15.1. The molecule has 4 heteroatoms. The molecule has 1 aliphatic rings. The summed E-state index contributed by atoms with van der Waals surface area (Å²) in [5.41, 5.74) is 8.99. The second kappa shape index (κ2) is 4.76. The molecule has 0 saturated heterocycles. The molecule has 1 aromatic carbocycles. The van der Waals surface area contributed by atoms with Gasteiger partial charge in [-0.1, -0.05) is 13.8 Å². The number of hydrogen-bond acceptors (Lipinski definition) is 3. The van der Waals surface area contributed by atoms with Crippen LogP contribution < -0.4 is 11.1 Å².